The summed E-state index contributed by atoms with van der Waals surface area (Å²) in [6.45, 7) is 0. The fourth-order valence-electron chi connectivity index (χ4n) is 3.28. The Kier molecular flexibility index (Phi) is 4.03. The van der Waals surface area contributed by atoms with Crippen molar-refractivity contribution in [2.75, 3.05) is 19.1 Å². The number of para-hydroxylation sites is 1. The lowest BCUT2D eigenvalue weighted by Crippen LogP contribution is -2.22. The maximum atomic E-state index is 14.3. The van der Waals surface area contributed by atoms with Crippen molar-refractivity contribution in [3.63, 3.8) is 0 Å². The van der Waals surface area contributed by atoms with E-state index in [9.17, 15) is 9.18 Å². The van der Waals surface area contributed by atoms with Crippen LogP contribution >= 0.6 is 0 Å². The molecule has 1 aromatic heterocycles. The topological polar surface area (TPSA) is 54.6 Å². The van der Waals surface area contributed by atoms with Crippen LogP contribution in [-0.4, -0.2) is 31.2 Å². The first-order chi connectivity index (χ1) is 12.6. The van der Waals surface area contributed by atoms with Crippen LogP contribution in [0, 0.1) is 5.82 Å². The Morgan fingerprint density at radius 1 is 1.19 bits per heavy atom. The Morgan fingerprint density at radius 2 is 1.96 bits per heavy atom. The van der Waals surface area contributed by atoms with Gasteiger partial charge in [0.1, 0.15) is 11.4 Å². The molecule has 1 aliphatic rings. The number of H-pyrrole nitrogens is 1. The number of benzene rings is 2. The summed E-state index contributed by atoms with van der Waals surface area (Å²) in [5, 5.41) is 0.786. The molecule has 134 valence electrons. The highest BCUT2D eigenvalue weighted by atomic mass is 19.1. The molecule has 6 heteroatoms. The summed E-state index contributed by atoms with van der Waals surface area (Å²) in [7, 11) is 2.80. The molecule has 0 atom stereocenters. The van der Waals surface area contributed by atoms with Crippen molar-refractivity contribution in [2.24, 2.45) is 0 Å². The van der Waals surface area contributed by atoms with E-state index in [-0.39, 0.29) is 11.8 Å². The molecule has 0 radical (unpaired) electrons. The minimum atomic E-state index is -0.439. The van der Waals surface area contributed by atoms with Crippen molar-refractivity contribution in [1.82, 2.24) is 4.98 Å². The molecule has 26 heavy (non-hydrogen) atoms. The maximum absolute atomic E-state index is 14.3. The fraction of sp³-hybridized carbons (Fsp3) is 0.250. The van der Waals surface area contributed by atoms with E-state index in [1.807, 2.05) is 29.2 Å². The summed E-state index contributed by atoms with van der Waals surface area (Å²) in [5.74, 6) is -0.0390. The van der Waals surface area contributed by atoms with E-state index >= 15 is 0 Å². The van der Waals surface area contributed by atoms with Crippen molar-refractivity contribution in [3.8, 4) is 5.75 Å². The molecule has 1 aliphatic carbocycles. The smallest absolute Gasteiger partial charge is 0.342 e. The van der Waals surface area contributed by atoms with Crippen LogP contribution in [0.15, 0.2) is 42.5 Å². The molecule has 0 spiro atoms. The number of aromatic nitrogens is 1. The second kappa shape index (κ2) is 6.37. The molecule has 0 aliphatic heterocycles. The molecule has 0 saturated heterocycles. The Hall–Kier alpha value is -3.02. The molecular weight excluding hydrogens is 335 g/mol. The summed E-state index contributed by atoms with van der Waals surface area (Å²) in [6.07, 6.45) is 1.95. The van der Waals surface area contributed by atoms with Crippen LogP contribution in [0.1, 0.15) is 23.2 Å². The SMILES string of the molecule is COC(=O)c1c(N(c2ccc(OC)c(F)c2)C2CC2)[nH]c2ccccc12. The van der Waals surface area contributed by atoms with E-state index in [4.69, 9.17) is 9.47 Å². The number of esters is 1. The van der Waals surface area contributed by atoms with Gasteiger partial charge >= 0.3 is 5.97 Å². The molecule has 1 N–H and O–H groups in total. The van der Waals surface area contributed by atoms with Crippen LogP contribution < -0.4 is 9.64 Å². The van der Waals surface area contributed by atoms with Gasteiger partial charge in [0.05, 0.1) is 14.2 Å². The molecule has 2 aromatic carbocycles. The van der Waals surface area contributed by atoms with Gasteiger partial charge in [-0.05, 0) is 31.0 Å². The van der Waals surface area contributed by atoms with Crippen molar-refractivity contribution < 1.29 is 18.7 Å². The Bertz CT molecular complexity index is 978. The van der Waals surface area contributed by atoms with Gasteiger partial charge in [0, 0.05) is 28.7 Å². The van der Waals surface area contributed by atoms with E-state index < -0.39 is 11.8 Å². The number of carbonyl (C=O) groups excluding carboxylic acids is 1. The zero-order chi connectivity index (χ0) is 18.3. The highest BCUT2D eigenvalue weighted by Gasteiger charge is 2.35. The first kappa shape index (κ1) is 16.4. The third-order valence-electron chi connectivity index (χ3n) is 4.64. The molecular formula is C20H19FN2O3. The van der Waals surface area contributed by atoms with E-state index in [0.29, 0.717) is 17.1 Å². The molecule has 4 rings (SSSR count). The van der Waals surface area contributed by atoms with E-state index in [1.54, 1.807) is 12.1 Å². The van der Waals surface area contributed by atoms with Gasteiger partial charge in [-0.1, -0.05) is 18.2 Å². The Balaban J connectivity index is 1.90. The first-order valence-electron chi connectivity index (χ1n) is 8.46. The summed E-state index contributed by atoms with van der Waals surface area (Å²) in [5.41, 5.74) is 1.97. The lowest BCUT2D eigenvalue weighted by molar-refractivity contribution is 0.0604. The predicted octanol–water partition coefficient (Wildman–Crippen LogP) is 4.40. The zero-order valence-corrected chi connectivity index (χ0v) is 14.6. The lowest BCUT2D eigenvalue weighted by atomic mass is 10.1. The number of hydrogen-bond donors (Lipinski definition) is 1. The first-order valence-corrected chi connectivity index (χ1v) is 8.46. The highest BCUT2D eigenvalue weighted by molar-refractivity contribution is 6.10. The fourth-order valence-corrected chi connectivity index (χ4v) is 3.28. The number of nitrogens with one attached hydrogen (secondary N) is 1. The third kappa shape index (κ3) is 2.67. The standard InChI is InChI=1S/C20H19FN2O3/c1-25-17-10-9-13(11-15(17)21)23(12-7-8-12)19-18(20(24)26-2)14-5-3-4-6-16(14)22-19/h3-6,9-12,22H,7-8H2,1-2H3. The highest BCUT2D eigenvalue weighted by Crippen LogP contribution is 2.42. The second-order valence-corrected chi connectivity index (χ2v) is 6.31. The number of ether oxygens (including phenoxy) is 2. The van der Waals surface area contributed by atoms with Gasteiger partial charge in [-0.15, -0.1) is 0 Å². The van der Waals surface area contributed by atoms with Gasteiger partial charge in [-0.2, -0.15) is 0 Å². The zero-order valence-electron chi connectivity index (χ0n) is 14.6. The second-order valence-electron chi connectivity index (χ2n) is 6.31. The van der Waals surface area contributed by atoms with Crippen LogP contribution in [0.4, 0.5) is 15.9 Å². The van der Waals surface area contributed by atoms with E-state index in [2.05, 4.69) is 4.98 Å². The normalized spacial score (nSPS) is 13.7. The lowest BCUT2D eigenvalue weighted by Gasteiger charge is -2.25. The van der Waals surface area contributed by atoms with Gasteiger partial charge in [0.25, 0.3) is 0 Å². The molecule has 0 amide bonds. The van der Waals surface area contributed by atoms with E-state index in [1.165, 1.54) is 20.3 Å². The number of aromatic amines is 1. The number of halogens is 1. The number of fused-ring (bicyclic) bond motifs is 1. The monoisotopic (exact) mass is 354 g/mol. The third-order valence-corrected chi connectivity index (χ3v) is 4.64. The quantitative estimate of drug-likeness (QED) is 0.690. The van der Waals surface area contributed by atoms with Gasteiger partial charge < -0.3 is 19.4 Å². The Morgan fingerprint density at radius 3 is 2.62 bits per heavy atom. The van der Waals surface area contributed by atoms with Gasteiger partial charge in [0.15, 0.2) is 11.6 Å². The number of nitrogens with zero attached hydrogens (tertiary/aromatic N) is 1. The number of carbonyl (C=O) groups is 1. The molecule has 1 heterocycles. The molecule has 3 aromatic rings. The van der Waals surface area contributed by atoms with Crippen LogP contribution in [0.5, 0.6) is 5.75 Å². The van der Waals surface area contributed by atoms with Gasteiger partial charge in [-0.3, -0.25) is 0 Å². The maximum Gasteiger partial charge on any atom is 0.342 e. The number of rotatable bonds is 5. The largest absolute Gasteiger partial charge is 0.494 e. The van der Waals surface area contributed by atoms with Crippen molar-refractivity contribution in [1.29, 1.82) is 0 Å². The molecule has 1 saturated carbocycles. The molecule has 0 bridgehead atoms. The van der Waals surface area contributed by atoms with Gasteiger partial charge in [0.2, 0.25) is 0 Å². The van der Waals surface area contributed by atoms with Crippen LogP contribution in [-0.2, 0) is 4.74 Å². The summed E-state index contributed by atoms with van der Waals surface area (Å²) in [6, 6.07) is 12.6. The minimum absolute atomic E-state index is 0.189. The predicted molar refractivity (Wildman–Crippen MR) is 97.8 cm³/mol. The van der Waals surface area contributed by atoms with Crippen molar-refractivity contribution >= 4 is 28.4 Å². The summed E-state index contributed by atoms with van der Waals surface area (Å²) < 4.78 is 24.3. The van der Waals surface area contributed by atoms with Crippen LogP contribution in [0.25, 0.3) is 10.9 Å². The van der Waals surface area contributed by atoms with Crippen LogP contribution in [0.3, 0.4) is 0 Å². The average Bonchev–Trinajstić information content (AvgIpc) is 3.41. The van der Waals surface area contributed by atoms with E-state index in [0.717, 1.165) is 23.7 Å². The van der Waals surface area contributed by atoms with Gasteiger partial charge in [-0.25, -0.2) is 9.18 Å². The number of anilines is 2. The number of hydrogen-bond acceptors (Lipinski definition) is 4. The number of methoxy groups -OCH3 is 2. The average molecular weight is 354 g/mol. The minimum Gasteiger partial charge on any atom is -0.494 e. The van der Waals surface area contributed by atoms with Crippen molar-refractivity contribution in [2.45, 2.75) is 18.9 Å². The molecule has 5 nitrogen and oxygen atoms in total. The summed E-state index contributed by atoms with van der Waals surface area (Å²) >= 11 is 0. The summed E-state index contributed by atoms with van der Waals surface area (Å²) in [4.78, 5) is 17.8. The van der Waals surface area contributed by atoms with Crippen LogP contribution in [0.2, 0.25) is 0 Å². The van der Waals surface area contributed by atoms with Crippen molar-refractivity contribution in [3.05, 3.63) is 53.8 Å². The molecule has 1 fully saturated rings. The molecule has 0 unspecified atom stereocenters. The Labute approximate surface area is 150 Å².